The zero-order chi connectivity index (χ0) is 17.1. The summed E-state index contributed by atoms with van der Waals surface area (Å²) in [5, 5.41) is 0. The molecule has 1 aliphatic heterocycles. The van der Waals surface area contributed by atoms with E-state index in [9.17, 15) is 9.59 Å². The van der Waals surface area contributed by atoms with Gasteiger partial charge in [-0.1, -0.05) is 19.9 Å². The number of cyclic esters (lactones) is 1. The lowest BCUT2D eigenvalue weighted by molar-refractivity contribution is -0.131. The largest absolute Gasteiger partial charge is 0.493 e. The van der Waals surface area contributed by atoms with Crippen LogP contribution in [0.4, 0.5) is 4.79 Å². The summed E-state index contributed by atoms with van der Waals surface area (Å²) in [5.74, 6) is 0.536. The van der Waals surface area contributed by atoms with Crippen LogP contribution in [0.15, 0.2) is 18.2 Å². The summed E-state index contributed by atoms with van der Waals surface area (Å²) in [6.45, 7) is 5.95. The second-order valence-electron chi connectivity index (χ2n) is 5.93. The molecule has 1 aromatic carbocycles. The molecule has 0 N–H and O–H groups in total. The van der Waals surface area contributed by atoms with E-state index in [-0.39, 0.29) is 24.5 Å². The fraction of sp³-hybridized carbons (Fsp3) is 0.529. The zero-order valence-electron chi connectivity index (χ0n) is 14.2. The highest BCUT2D eigenvalue weighted by molar-refractivity contribution is 5.97. The molecule has 126 valence electrons. The first-order valence-electron chi connectivity index (χ1n) is 7.62. The standard InChI is InChI=1S/C17H23NO5/c1-10(2)13-9-23-17(20)18(13)16(19)11(3)12-6-7-14(21-4)15(8-12)22-5/h6-8,10-11,13H,9H2,1-5H3/t11-,13?/m1/s1. The van der Waals surface area contributed by atoms with Crippen molar-refractivity contribution in [2.24, 2.45) is 5.92 Å². The van der Waals surface area contributed by atoms with Crippen molar-refractivity contribution in [2.45, 2.75) is 32.7 Å². The van der Waals surface area contributed by atoms with Gasteiger partial charge in [-0.3, -0.25) is 4.79 Å². The van der Waals surface area contributed by atoms with Crippen LogP contribution in [0.1, 0.15) is 32.3 Å². The first-order valence-corrected chi connectivity index (χ1v) is 7.62. The molecule has 0 bridgehead atoms. The summed E-state index contributed by atoms with van der Waals surface area (Å²) in [6.07, 6.45) is -0.568. The number of ether oxygens (including phenoxy) is 3. The van der Waals surface area contributed by atoms with Crippen LogP contribution in [0.2, 0.25) is 0 Å². The molecule has 1 aliphatic rings. The molecule has 6 heteroatoms. The maximum Gasteiger partial charge on any atom is 0.417 e. The van der Waals surface area contributed by atoms with Crippen LogP contribution in [0.5, 0.6) is 11.5 Å². The van der Waals surface area contributed by atoms with Crippen LogP contribution in [-0.4, -0.2) is 43.8 Å². The lowest BCUT2D eigenvalue weighted by atomic mass is 9.97. The van der Waals surface area contributed by atoms with E-state index in [1.165, 1.54) is 4.90 Å². The number of carbonyl (C=O) groups excluding carboxylic acids is 2. The Hall–Kier alpha value is -2.24. The van der Waals surface area contributed by atoms with Crippen molar-refractivity contribution in [3.63, 3.8) is 0 Å². The summed E-state index contributed by atoms with van der Waals surface area (Å²) >= 11 is 0. The Labute approximate surface area is 136 Å². The molecule has 1 heterocycles. The number of nitrogens with zero attached hydrogens (tertiary/aromatic N) is 1. The number of imide groups is 1. The van der Waals surface area contributed by atoms with Crippen LogP contribution >= 0.6 is 0 Å². The second kappa shape index (κ2) is 6.89. The molecule has 1 saturated heterocycles. The topological polar surface area (TPSA) is 65.1 Å². The molecule has 1 unspecified atom stereocenters. The molecule has 2 atom stereocenters. The van der Waals surface area contributed by atoms with E-state index in [4.69, 9.17) is 14.2 Å². The molecular formula is C17H23NO5. The molecule has 2 rings (SSSR count). The van der Waals surface area contributed by atoms with Crippen LogP contribution in [0.3, 0.4) is 0 Å². The number of benzene rings is 1. The lowest BCUT2D eigenvalue weighted by Crippen LogP contribution is -2.43. The average molecular weight is 321 g/mol. The van der Waals surface area contributed by atoms with Crippen LogP contribution in [0, 0.1) is 5.92 Å². The molecule has 0 saturated carbocycles. The van der Waals surface area contributed by atoms with Crippen molar-refractivity contribution >= 4 is 12.0 Å². The van der Waals surface area contributed by atoms with E-state index in [0.29, 0.717) is 11.5 Å². The fourth-order valence-corrected chi connectivity index (χ4v) is 2.65. The van der Waals surface area contributed by atoms with Gasteiger partial charge in [0, 0.05) is 0 Å². The lowest BCUT2D eigenvalue weighted by Gasteiger charge is -2.25. The van der Waals surface area contributed by atoms with Gasteiger partial charge in [0.2, 0.25) is 5.91 Å². The van der Waals surface area contributed by atoms with Gasteiger partial charge in [-0.25, -0.2) is 9.69 Å². The van der Waals surface area contributed by atoms with Gasteiger partial charge in [0.25, 0.3) is 0 Å². The Kier molecular flexibility index (Phi) is 5.13. The minimum atomic E-state index is -0.568. The Morgan fingerprint density at radius 2 is 1.87 bits per heavy atom. The Balaban J connectivity index is 2.27. The third-order valence-corrected chi connectivity index (χ3v) is 4.19. The number of carbonyl (C=O) groups is 2. The third-order valence-electron chi connectivity index (χ3n) is 4.19. The minimum Gasteiger partial charge on any atom is -0.493 e. The second-order valence-corrected chi connectivity index (χ2v) is 5.93. The molecule has 6 nitrogen and oxygen atoms in total. The van der Waals surface area contributed by atoms with Crippen molar-refractivity contribution in [2.75, 3.05) is 20.8 Å². The highest BCUT2D eigenvalue weighted by Gasteiger charge is 2.41. The smallest absolute Gasteiger partial charge is 0.417 e. The Morgan fingerprint density at radius 3 is 2.43 bits per heavy atom. The van der Waals surface area contributed by atoms with E-state index in [2.05, 4.69) is 0 Å². The predicted molar refractivity (Wildman–Crippen MR) is 84.8 cm³/mol. The first-order chi connectivity index (χ1) is 10.9. The number of hydrogen-bond acceptors (Lipinski definition) is 5. The molecule has 1 fully saturated rings. The number of rotatable bonds is 5. The van der Waals surface area contributed by atoms with Gasteiger partial charge >= 0.3 is 6.09 Å². The van der Waals surface area contributed by atoms with E-state index in [1.807, 2.05) is 13.8 Å². The minimum absolute atomic E-state index is 0.142. The van der Waals surface area contributed by atoms with Crippen molar-refractivity contribution in [3.05, 3.63) is 23.8 Å². The van der Waals surface area contributed by atoms with Crippen LogP contribution in [-0.2, 0) is 9.53 Å². The summed E-state index contributed by atoms with van der Waals surface area (Å²) in [6, 6.07) is 5.08. The zero-order valence-corrected chi connectivity index (χ0v) is 14.2. The van der Waals surface area contributed by atoms with Crippen molar-refractivity contribution in [1.29, 1.82) is 0 Å². The summed E-state index contributed by atoms with van der Waals surface area (Å²) in [5.41, 5.74) is 0.759. The summed E-state index contributed by atoms with van der Waals surface area (Å²) in [7, 11) is 3.10. The van der Waals surface area contributed by atoms with Gasteiger partial charge in [0.15, 0.2) is 11.5 Å². The highest BCUT2D eigenvalue weighted by Crippen LogP contribution is 2.32. The van der Waals surface area contributed by atoms with Crippen LogP contribution < -0.4 is 9.47 Å². The maximum absolute atomic E-state index is 12.8. The van der Waals surface area contributed by atoms with E-state index in [1.54, 1.807) is 39.3 Å². The molecule has 0 radical (unpaired) electrons. The van der Waals surface area contributed by atoms with Gasteiger partial charge < -0.3 is 14.2 Å². The normalized spacial score (nSPS) is 18.8. The average Bonchev–Trinajstić information content (AvgIpc) is 2.94. The maximum atomic E-state index is 12.8. The highest BCUT2D eigenvalue weighted by atomic mass is 16.6. The SMILES string of the molecule is COc1ccc([C@@H](C)C(=O)N2C(=O)OCC2C(C)C)cc1OC. The number of hydrogen-bond donors (Lipinski definition) is 0. The molecule has 0 aromatic heterocycles. The first kappa shape index (κ1) is 17.1. The van der Waals surface area contributed by atoms with E-state index < -0.39 is 12.0 Å². The third kappa shape index (κ3) is 3.25. The number of amides is 2. The van der Waals surface area contributed by atoms with E-state index >= 15 is 0 Å². The fourth-order valence-electron chi connectivity index (χ4n) is 2.65. The van der Waals surface area contributed by atoms with Gasteiger partial charge in [0.05, 0.1) is 26.2 Å². The van der Waals surface area contributed by atoms with Gasteiger partial charge in [0.1, 0.15) is 6.61 Å². The van der Waals surface area contributed by atoms with Gasteiger partial charge in [-0.15, -0.1) is 0 Å². The molecule has 0 spiro atoms. The quantitative estimate of drug-likeness (QED) is 0.834. The van der Waals surface area contributed by atoms with Crippen molar-refractivity contribution in [3.8, 4) is 11.5 Å². The molecule has 23 heavy (non-hydrogen) atoms. The number of methoxy groups -OCH3 is 2. The van der Waals surface area contributed by atoms with Gasteiger partial charge in [-0.2, -0.15) is 0 Å². The van der Waals surface area contributed by atoms with Crippen molar-refractivity contribution < 1.29 is 23.8 Å². The summed E-state index contributed by atoms with van der Waals surface area (Å²) < 4.78 is 15.5. The monoisotopic (exact) mass is 321 g/mol. The predicted octanol–water partition coefficient (Wildman–Crippen LogP) is 2.81. The summed E-state index contributed by atoms with van der Waals surface area (Å²) in [4.78, 5) is 25.9. The molecular weight excluding hydrogens is 298 g/mol. The van der Waals surface area contributed by atoms with E-state index in [0.717, 1.165) is 5.56 Å². The van der Waals surface area contributed by atoms with Crippen molar-refractivity contribution in [1.82, 2.24) is 4.90 Å². The van der Waals surface area contributed by atoms with Crippen LogP contribution in [0.25, 0.3) is 0 Å². The Morgan fingerprint density at radius 1 is 1.22 bits per heavy atom. The molecule has 2 amide bonds. The molecule has 0 aliphatic carbocycles. The van der Waals surface area contributed by atoms with Gasteiger partial charge in [-0.05, 0) is 30.5 Å². The molecule has 1 aromatic rings. The Bertz CT molecular complexity index is 599.